The van der Waals surface area contributed by atoms with Gasteiger partial charge in [-0.3, -0.25) is 4.79 Å². The van der Waals surface area contributed by atoms with Gasteiger partial charge >= 0.3 is 17.9 Å². The number of ether oxygens (including phenoxy) is 3. The van der Waals surface area contributed by atoms with Gasteiger partial charge in [0.25, 0.3) is 0 Å². The zero-order valence-electron chi connectivity index (χ0n) is 22.4. The molecule has 0 bridgehead atoms. The number of carbonyl (C=O) groups is 4. The Labute approximate surface area is 250 Å². The number of hydrogen-bond donors (Lipinski definition) is 11. The molecule has 3 aromatic carbocycles. The van der Waals surface area contributed by atoms with E-state index >= 15 is 0 Å². The fourth-order valence-electron chi connectivity index (χ4n) is 3.62. The molecule has 0 spiro atoms. The number of rotatable bonds is 11. The summed E-state index contributed by atoms with van der Waals surface area (Å²) in [7, 11) is 0. The van der Waals surface area contributed by atoms with Gasteiger partial charge in [0.15, 0.2) is 58.0 Å². The van der Waals surface area contributed by atoms with Gasteiger partial charge in [0.1, 0.15) is 25.4 Å². The molecular weight excluding hydrogens is 612 g/mol. The van der Waals surface area contributed by atoms with E-state index in [1.165, 1.54) is 0 Å². The number of hydrogen-bond acceptors (Lipinski definition) is 18. The molecule has 3 rings (SSSR count). The summed E-state index contributed by atoms with van der Waals surface area (Å²) in [5.74, 6) is -13.2. The second kappa shape index (κ2) is 13.0. The lowest BCUT2D eigenvalue weighted by atomic mass is 9.94. The van der Waals surface area contributed by atoms with E-state index in [2.05, 4.69) is 0 Å². The van der Waals surface area contributed by atoms with Gasteiger partial charge in [-0.1, -0.05) is 0 Å². The van der Waals surface area contributed by atoms with Gasteiger partial charge in [0.05, 0.1) is 16.7 Å². The summed E-state index contributed by atoms with van der Waals surface area (Å²) < 4.78 is 14.7. The average molecular weight is 636 g/mol. The molecule has 11 N–H and O–H groups in total. The molecule has 0 heterocycles. The van der Waals surface area contributed by atoms with Crippen molar-refractivity contribution in [2.45, 2.75) is 17.8 Å². The molecule has 0 aliphatic heterocycles. The maximum absolute atomic E-state index is 12.9. The van der Waals surface area contributed by atoms with Crippen LogP contribution >= 0.6 is 0 Å². The number of phenols is 9. The van der Waals surface area contributed by atoms with Crippen LogP contribution in [0.25, 0.3) is 0 Å². The number of phenolic OH excluding ortho intramolecular Hbond substituents is 9. The summed E-state index contributed by atoms with van der Waals surface area (Å²) in [6.45, 7) is -2.59. The lowest BCUT2D eigenvalue weighted by Crippen LogP contribution is -2.57. The van der Waals surface area contributed by atoms with Crippen LogP contribution in [-0.4, -0.2) is 111 Å². The molecule has 3 aromatic rings. The quantitative estimate of drug-likeness (QED) is 0.0550. The van der Waals surface area contributed by atoms with Gasteiger partial charge in [-0.2, -0.15) is 0 Å². The van der Waals surface area contributed by atoms with Crippen molar-refractivity contribution in [1.82, 2.24) is 0 Å². The highest BCUT2D eigenvalue weighted by atomic mass is 16.6. The van der Waals surface area contributed by atoms with Crippen molar-refractivity contribution in [1.29, 1.82) is 0 Å². The van der Waals surface area contributed by atoms with Crippen molar-refractivity contribution in [3.05, 3.63) is 53.1 Å². The number of aromatic hydroxyl groups is 9. The molecular formula is C27H24O18. The van der Waals surface area contributed by atoms with Crippen molar-refractivity contribution in [3.8, 4) is 51.7 Å². The van der Waals surface area contributed by atoms with Crippen LogP contribution in [0.5, 0.6) is 51.7 Å². The Hall–Kier alpha value is -6.14. The van der Waals surface area contributed by atoms with Gasteiger partial charge in [-0.05, 0) is 36.4 Å². The van der Waals surface area contributed by atoms with Crippen LogP contribution in [-0.2, 0) is 19.0 Å². The lowest BCUT2D eigenvalue weighted by Gasteiger charge is -2.34. The van der Waals surface area contributed by atoms with E-state index in [4.69, 9.17) is 14.2 Å². The van der Waals surface area contributed by atoms with E-state index in [0.717, 1.165) is 0 Å². The van der Waals surface area contributed by atoms with E-state index < -0.39 is 117 Å². The Morgan fingerprint density at radius 2 is 0.933 bits per heavy atom. The molecule has 0 aromatic heterocycles. The predicted octanol–water partition coefficient (Wildman–Crippen LogP) is -0.433. The topological polar surface area (TPSA) is 318 Å². The lowest BCUT2D eigenvalue weighted by molar-refractivity contribution is -0.165. The molecule has 240 valence electrons. The summed E-state index contributed by atoms with van der Waals surface area (Å²) in [5.41, 5.74) is -4.95. The zero-order chi connectivity index (χ0) is 33.8. The number of esters is 3. The van der Waals surface area contributed by atoms with Crippen LogP contribution in [0.15, 0.2) is 36.4 Å². The molecule has 3 atom stereocenters. The fourth-order valence-corrected chi connectivity index (χ4v) is 3.62. The smallest absolute Gasteiger partial charge is 0.339 e. The molecule has 3 unspecified atom stereocenters. The Morgan fingerprint density at radius 1 is 0.600 bits per heavy atom. The van der Waals surface area contributed by atoms with Gasteiger partial charge in [-0.15, -0.1) is 0 Å². The first-order valence-electron chi connectivity index (χ1n) is 12.2. The molecule has 0 amide bonds. The molecule has 18 heteroatoms. The van der Waals surface area contributed by atoms with Crippen LogP contribution in [0.4, 0.5) is 0 Å². The van der Waals surface area contributed by atoms with Gasteiger partial charge in [0, 0.05) is 0 Å². The van der Waals surface area contributed by atoms with E-state index in [0.29, 0.717) is 36.4 Å². The van der Waals surface area contributed by atoms with E-state index in [1.807, 2.05) is 0 Å². The molecule has 0 fully saturated rings. The zero-order valence-corrected chi connectivity index (χ0v) is 22.4. The van der Waals surface area contributed by atoms with Crippen molar-refractivity contribution >= 4 is 24.2 Å². The molecule has 0 saturated heterocycles. The van der Waals surface area contributed by atoms with E-state index in [1.54, 1.807) is 0 Å². The molecule has 45 heavy (non-hydrogen) atoms. The number of carbonyl (C=O) groups excluding carboxylic acids is 4. The first-order valence-corrected chi connectivity index (χ1v) is 12.2. The third-order valence-electron chi connectivity index (χ3n) is 6.08. The number of aliphatic hydroxyl groups excluding tert-OH is 2. The third-order valence-corrected chi connectivity index (χ3v) is 6.08. The van der Waals surface area contributed by atoms with Crippen LogP contribution in [0, 0.1) is 0 Å². The van der Waals surface area contributed by atoms with Crippen LogP contribution in [0.3, 0.4) is 0 Å². The Balaban J connectivity index is 1.90. The van der Waals surface area contributed by atoms with Gasteiger partial charge in [-0.25, -0.2) is 14.4 Å². The monoisotopic (exact) mass is 636 g/mol. The van der Waals surface area contributed by atoms with Crippen LogP contribution < -0.4 is 0 Å². The summed E-state index contributed by atoms with van der Waals surface area (Å²) in [6, 6.07) is 3.79. The Bertz CT molecular complexity index is 1580. The standard InChI is InChI=1S/C27H24O18/c28-8-27(45-26(42)12-5-17(33)22(38)18(34)6-12,9-44-25(41)11-3-15(31)21(37)16(32)4-11)23(39)19(35)7-43-24(40)10-1-13(29)20(36)14(30)2-10/h1-6,8,19,23,29-39H,7,9H2. The Kier molecular flexibility index (Phi) is 9.65. The summed E-state index contributed by atoms with van der Waals surface area (Å²) in [5, 5.41) is 108. The summed E-state index contributed by atoms with van der Waals surface area (Å²) in [6.07, 6.45) is -5.22. The maximum Gasteiger partial charge on any atom is 0.339 e. The molecule has 18 nitrogen and oxygen atoms in total. The fraction of sp³-hybridized carbons (Fsp3) is 0.185. The van der Waals surface area contributed by atoms with Crippen LogP contribution in [0.1, 0.15) is 31.1 Å². The minimum absolute atomic E-state index is 0.296. The maximum atomic E-state index is 12.9. The molecule has 0 saturated carbocycles. The highest BCUT2D eigenvalue weighted by Crippen LogP contribution is 2.38. The second-order valence-electron chi connectivity index (χ2n) is 9.24. The minimum Gasteiger partial charge on any atom is -0.504 e. The summed E-state index contributed by atoms with van der Waals surface area (Å²) >= 11 is 0. The number of aliphatic hydroxyl groups is 2. The van der Waals surface area contributed by atoms with Crippen molar-refractivity contribution in [3.63, 3.8) is 0 Å². The third kappa shape index (κ3) is 7.09. The van der Waals surface area contributed by atoms with Crippen molar-refractivity contribution < 1.29 is 89.6 Å². The Morgan fingerprint density at radius 3 is 1.29 bits per heavy atom. The van der Waals surface area contributed by atoms with Crippen molar-refractivity contribution in [2.24, 2.45) is 0 Å². The molecule has 0 aliphatic rings. The van der Waals surface area contributed by atoms with E-state index in [-0.39, 0.29) is 6.29 Å². The van der Waals surface area contributed by atoms with Crippen LogP contribution in [0.2, 0.25) is 0 Å². The number of benzene rings is 3. The van der Waals surface area contributed by atoms with Gasteiger partial charge < -0.3 is 70.4 Å². The first kappa shape index (κ1) is 33.4. The summed E-state index contributed by atoms with van der Waals surface area (Å²) in [4.78, 5) is 50.1. The van der Waals surface area contributed by atoms with Gasteiger partial charge in [0.2, 0.25) is 5.60 Å². The largest absolute Gasteiger partial charge is 0.504 e. The number of aldehydes is 1. The minimum atomic E-state index is -3.06. The normalized spacial score (nSPS) is 13.6. The molecule has 0 radical (unpaired) electrons. The predicted molar refractivity (Wildman–Crippen MR) is 141 cm³/mol. The first-order chi connectivity index (χ1) is 21.0. The molecule has 0 aliphatic carbocycles. The highest BCUT2D eigenvalue weighted by molar-refractivity contribution is 5.94. The second-order valence-corrected chi connectivity index (χ2v) is 9.24. The average Bonchev–Trinajstić information content (AvgIpc) is 3.00. The highest BCUT2D eigenvalue weighted by Gasteiger charge is 2.48. The van der Waals surface area contributed by atoms with Crippen molar-refractivity contribution in [2.75, 3.05) is 13.2 Å². The SMILES string of the molecule is O=CC(COC(=O)c1cc(O)c(O)c(O)c1)(OC(=O)c1cc(O)c(O)c(O)c1)C(O)C(O)COC(=O)c1cc(O)c(O)c(O)c1. The van der Waals surface area contributed by atoms with E-state index in [9.17, 15) is 75.3 Å².